The molecule has 3 fully saturated rings. The van der Waals surface area contributed by atoms with E-state index in [9.17, 15) is 0 Å². The van der Waals surface area contributed by atoms with Crippen molar-refractivity contribution in [3.63, 3.8) is 0 Å². The Balaban J connectivity index is 1.49. The summed E-state index contributed by atoms with van der Waals surface area (Å²) in [6.07, 6.45) is 20.7. The van der Waals surface area contributed by atoms with Crippen molar-refractivity contribution in [3.8, 4) is 0 Å². The van der Waals surface area contributed by atoms with Crippen LogP contribution in [0.4, 0.5) is 0 Å². The van der Waals surface area contributed by atoms with Gasteiger partial charge in [0.1, 0.15) is 0 Å². The molecule has 0 aromatic carbocycles. The summed E-state index contributed by atoms with van der Waals surface area (Å²) in [5.74, 6) is 5.86. The molecule has 3 saturated carbocycles. The summed E-state index contributed by atoms with van der Waals surface area (Å²) in [5.41, 5.74) is 2.76. The van der Waals surface area contributed by atoms with Gasteiger partial charge in [0.15, 0.2) is 8.32 Å². The standard InChI is InChI=1S/C32H56OSi/c1-10-24(22(2)3)12-11-23(4)28-15-16-29-27-14-13-25-21-26(33-34(7,8)9)17-19-31(25,5)30(27)18-20-32(28,29)6/h11-13,22-24,26-30H,10,14-21H2,1-9H3/b12-11+/t23?,24?,26-,27?,28?,29?,30?,31?,32?/m0/s1. The molecule has 34 heavy (non-hydrogen) atoms. The molecule has 0 heterocycles. The molecule has 0 saturated heterocycles. The van der Waals surface area contributed by atoms with Crippen LogP contribution in [0.15, 0.2) is 23.8 Å². The van der Waals surface area contributed by atoms with Gasteiger partial charge in [-0.25, -0.2) is 0 Å². The number of allylic oxidation sites excluding steroid dienone is 3. The molecule has 0 radical (unpaired) electrons. The number of hydrogen-bond donors (Lipinski definition) is 0. The first-order valence-corrected chi connectivity index (χ1v) is 18.4. The quantitative estimate of drug-likeness (QED) is 0.258. The zero-order valence-corrected chi connectivity index (χ0v) is 25.1. The molecular weight excluding hydrogens is 428 g/mol. The minimum Gasteiger partial charge on any atom is -0.414 e. The van der Waals surface area contributed by atoms with Crippen molar-refractivity contribution in [3.05, 3.63) is 23.8 Å². The molecule has 0 amide bonds. The van der Waals surface area contributed by atoms with Gasteiger partial charge < -0.3 is 4.43 Å². The van der Waals surface area contributed by atoms with Gasteiger partial charge in [-0.2, -0.15) is 0 Å². The molecule has 0 aliphatic heterocycles. The van der Waals surface area contributed by atoms with Crippen LogP contribution in [-0.4, -0.2) is 14.4 Å². The van der Waals surface area contributed by atoms with Crippen LogP contribution in [0.3, 0.4) is 0 Å². The van der Waals surface area contributed by atoms with Crippen molar-refractivity contribution in [2.75, 3.05) is 0 Å². The highest BCUT2D eigenvalue weighted by Gasteiger charge is 2.59. The lowest BCUT2D eigenvalue weighted by molar-refractivity contribution is -0.0530. The van der Waals surface area contributed by atoms with Crippen molar-refractivity contribution >= 4 is 8.32 Å². The van der Waals surface area contributed by atoms with E-state index in [1.807, 2.05) is 0 Å². The van der Waals surface area contributed by atoms with E-state index in [0.29, 0.717) is 16.9 Å². The van der Waals surface area contributed by atoms with E-state index >= 15 is 0 Å². The zero-order chi connectivity index (χ0) is 24.9. The molecule has 0 N–H and O–H groups in total. The highest BCUT2D eigenvalue weighted by Crippen LogP contribution is 2.67. The van der Waals surface area contributed by atoms with Crippen LogP contribution in [0.25, 0.3) is 0 Å². The van der Waals surface area contributed by atoms with E-state index < -0.39 is 8.32 Å². The van der Waals surface area contributed by atoms with Crippen molar-refractivity contribution in [1.29, 1.82) is 0 Å². The number of hydrogen-bond acceptors (Lipinski definition) is 1. The van der Waals surface area contributed by atoms with Crippen molar-refractivity contribution in [2.45, 2.75) is 125 Å². The second-order valence-electron chi connectivity index (χ2n) is 14.6. The Bertz CT molecular complexity index is 774. The summed E-state index contributed by atoms with van der Waals surface area (Å²) >= 11 is 0. The molecule has 0 aromatic heterocycles. The fourth-order valence-electron chi connectivity index (χ4n) is 9.41. The first kappa shape index (κ1) is 26.7. The van der Waals surface area contributed by atoms with E-state index in [4.69, 9.17) is 4.43 Å². The summed E-state index contributed by atoms with van der Waals surface area (Å²) < 4.78 is 6.59. The Kier molecular flexibility index (Phi) is 7.73. The predicted octanol–water partition coefficient (Wildman–Crippen LogP) is 9.66. The third-order valence-corrected chi connectivity index (χ3v) is 12.3. The molecule has 0 bridgehead atoms. The Morgan fingerprint density at radius 1 is 1.00 bits per heavy atom. The van der Waals surface area contributed by atoms with E-state index in [1.54, 1.807) is 5.57 Å². The van der Waals surface area contributed by atoms with Gasteiger partial charge in [-0.1, -0.05) is 65.3 Å². The van der Waals surface area contributed by atoms with E-state index in [1.165, 1.54) is 57.8 Å². The van der Waals surface area contributed by atoms with Crippen LogP contribution >= 0.6 is 0 Å². The maximum absolute atomic E-state index is 6.59. The Labute approximate surface area is 213 Å². The monoisotopic (exact) mass is 484 g/mol. The summed E-state index contributed by atoms with van der Waals surface area (Å²) in [4.78, 5) is 0. The molecular formula is C32H56OSi. The summed E-state index contributed by atoms with van der Waals surface area (Å²) in [7, 11) is -1.46. The van der Waals surface area contributed by atoms with Gasteiger partial charge in [-0.15, -0.1) is 0 Å². The lowest BCUT2D eigenvalue weighted by Gasteiger charge is -2.58. The minimum atomic E-state index is -1.46. The van der Waals surface area contributed by atoms with Gasteiger partial charge in [-0.3, -0.25) is 0 Å². The molecule has 4 rings (SSSR count). The Morgan fingerprint density at radius 3 is 2.38 bits per heavy atom. The van der Waals surface area contributed by atoms with E-state index in [0.717, 1.165) is 41.4 Å². The van der Waals surface area contributed by atoms with Gasteiger partial charge in [0.25, 0.3) is 0 Å². The lowest BCUT2D eigenvalue weighted by Crippen LogP contribution is -2.51. The predicted molar refractivity (Wildman–Crippen MR) is 150 cm³/mol. The smallest absolute Gasteiger partial charge is 0.184 e. The summed E-state index contributed by atoms with van der Waals surface area (Å²) in [6.45, 7) is 22.1. The maximum atomic E-state index is 6.59. The van der Waals surface area contributed by atoms with Crippen LogP contribution in [0.5, 0.6) is 0 Å². The van der Waals surface area contributed by atoms with E-state index in [-0.39, 0.29) is 0 Å². The summed E-state index contributed by atoms with van der Waals surface area (Å²) in [5, 5.41) is 0. The largest absolute Gasteiger partial charge is 0.414 e. The third-order valence-electron chi connectivity index (χ3n) is 11.3. The molecule has 0 aromatic rings. The SMILES string of the molecule is CCC(/C=C/C(C)C1CCC2C3CC=C4C[C@@H](O[Si](C)(C)C)CCC4(C)C3CCC12C)C(C)C. The molecule has 0 spiro atoms. The second kappa shape index (κ2) is 9.84. The molecule has 8 unspecified atom stereocenters. The van der Waals surface area contributed by atoms with E-state index in [2.05, 4.69) is 79.4 Å². The number of fused-ring (bicyclic) bond motifs is 5. The minimum absolute atomic E-state index is 0.443. The van der Waals surface area contributed by atoms with Gasteiger partial charge in [-0.05, 0) is 130 Å². The van der Waals surface area contributed by atoms with Crippen molar-refractivity contribution in [1.82, 2.24) is 0 Å². The topological polar surface area (TPSA) is 9.23 Å². The average Bonchev–Trinajstić information content (AvgIpc) is 3.10. The fourth-order valence-corrected chi connectivity index (χ4v) is 10.6. The van der Waals surface area contributed by atoms with Crippen molar-refractivity contribution in [2.24, 2.45) is 52.3 Å². The number of rotatable bonds is 7. The fraction of sp³-hybridized carbons (Fsp3) is 0.875. The average molecular weight is 485 g/mol. The normalized spacial score (nSPS) is 42.2. The van der Waals surface area contributed by atoms with Gasteiger partial charge in [0, 0.05) is 6.10 Å². The Morgan fingerprint density at radius 2 is 1.74 bits per heavy atom. The first-order valence-electron chi connectivity index (χ1n) is 14.9. The first-order chi connectivity index (χ1) is 15.9. The molecule has 194 valence electrons. The van der Waals surface area contributed by atoms with Crippen LogP contribution in [0.1, 0.15) is 99.3 Å². The zero-order valence-electron chi connectivity index (χ0n) is 24.1. The molecule has 4 aliphatic rings. The van der Waals surface area contributed by atoms with Crippen molar-refractivity contribution < 1.29 is 4.43 Å². The maximum Gasteiger partial charge on any atom is 0.184 e. The molecule has 1 nitrogen and oxygen atoms in total. The summed E-state index contributed by atoms with van der Waals surface area (Å²) in [6, 6.07) is 0. The van der Waals surface area contributed by atoms with Gasteiger partial charge in [0.2, 0.25) is 0 Å². The highest BCUT2D eigenvalue weighted by molar-refractivity contribution is 6.69. The molecule has 9 atom stereocenters. The van der Waals surface area contributed by atoms with Crippen LogP contribution in [0.2, 0.25) is 19.6 Å². The highest BCUT2D eigenvalue weighted by atomic mass is 28.4. The van der Waals surface area contributed by atoms with Crippen LogP contribution in [-0.2, 0) is 4.43 Å². The lowest BCUT2D eigenvalue weighted by atomic mass is 9.47. The molecule has 2 heteroatoms. The van der Waals surface area contributed by atoms with Gasteiger partial charge in [0.05, 0.1) is 0 Å². The van der Waals surface area contributed by atoms with Gasteiger partial charge >= 0.3 is 0 Å². The molecule has 4 aliphatic carbocycles. The third kappa shape index (κ3) is 4.93. The van der Waals surface area contributed by atoms with Crippen LogP contribution < -0.4 is 0 Å². The Hall–Kier alpha value is -0.343. The van der Waals surface area contributed by atoms with Crippen LogP contribution in [0, 0.1) is 52.3 Å². The second-order valence-corrected chi connectivity index (χ2v) is 19.1.